The lowest BCUT2D eigenvalue weighted by Crippen LogP contribution is -2.13. The van der Waals surface area contributed by atoms with E-state index in [0.717, 1.165) is 0 Å². The van der Waals surface area contributed by atoms with Crippen LogP contribution in [0.15, 0.2) is 23.5 Å². The summed E-state index contributed by atoms with van der Waals surface area (Å²) in [7, 11) is 0. The fourth-order valence-electron chi connectivity index (χ4n) is 1.12. The zero-order valence-corrected chi connectivity index (χ0v) is 9.31. The van der Waals surface area contributed by atoms with E-state index in [0.29, 0.717) is 5.56 Å². The second-order valence-electron chi connectivity index (χ2n) is 3.44. The van der Waals surface area contributed by atoms with Gasteiger partial charge in [0.05, 0.1) is 6.61 Å². The summed E-state index contributed by atoms with van der Waals surface area (Å²) in [4.78, 5) is 3.81. The van der Waals surface area contributed by atoms with Crippen LogP contribution in [0.5, 0.6) is 5.88 Å². The second kappa shape index (κ2) is 6.08. The number of pyridine rings is 1. The van der Waals surface area contributed by atoms with Crippen molar-refractivity contribution in [2.75, 3.05) is 6.61 Å². The van der Waals surface area contributed by atoms with Crippen LogP contribution < -0.4 is 10.5 Å². The Kier molecular flexibility index (Phi) is 4.75. The number of aromatic nitrogens is 1. The number of oxime groups is 1. The Balaban J connectivity index is 2.40. The van der Waals surface area contributed by atoms with E-state index in [-0.39, 0.29) is 24.7 Å². The van der Waals surface area contributed by atoms with Gasteiger partial charge >= 0.3 is 6.18 Å². The molecule has 0 amide bonds. The quantitative estimate of drug-likeness (QED) is 0.279. The molecule has 3 N–H and O–H groups in total. The maximum atomic E-state index is 11.8. The minimum absolute atomic E-state index is 0.0740. The molecule has 18 heavy (non-hydrogen) atoms. The van der Waals surface area contributed by atoms with Gasteiger partial charge in [0.15, 0.2) is 5.84 Å². The standard InChI is InChI=1S/C10H12F3N3O2/c11-10(12,13)4-1-5-18-8-3-2-7(6-15-8)9(14)16-17/h2-3,6,17H,1,4-5H2,(H2,14,16). The molecule has 0 atom stereocenters. The zero-order chi connectivity index (χ0) is 13.6. The molecular weight excluding hydrogens is 251 g/mol. The average Bonchev–Trinajstić information content (AvgIpc) is 2.33. The van der Waals surface area contributed by atoms with Crippen molar-refractivity contribution in [1.29, 1.82) is 0 Å². The van der Waals surface area contributed by atoms with Gasteiger partial charge in [-0.25, -0.2) is 4.98 Å². The molecule has 0 spiro atoms. The maximum Gasteiger partial charge on any atom is 0.389 e. The van der Waals surface area contributed by atoms with Crippen molar-refractivity contribution in [3.05, 3.63) is 23.9 Å². The molecule has 0 aliphatic rings. The van der Waals surface area contributed by atoms with Crippen LogP contribution in [0.3, 0.4) is 0 Å². The molecule has 1 heterocycles. The van der Waals surface area contributed by atoms with Crippen molar-refractivity contribution in [3.8, 4) is 5.88 Å². The highest BCUT2D eigenvalue weighted by atomic mass is 19.4. The first kappa shape index (κ1) is 14.1. The summed E-state index contributed by atoms with van der Waals surface area (Å²) in [5, 5.41) is 11.2. The summed E-state index contributed by atoms with van der Waals surface area (Å²) in [6, 6.07) is 2.92. The van der Waals surface area contributed by atoms with Crippen molar-refractivity contribution in [3.63, 3.8) is 0 Å². The molecule has 0 aliphatic carbocycles. The molecule has 0 saturated carbocycles. The normalized spacial score (nSPS) is 12.5. The fourth-order valence-corrected chi connectivity index (χ4v) is 1.12. The van der Waals surface area contributed by atoms with Gasteiger partial charge in [-0.05, 0) is 12.5 Å². The number of nitrogens with two attached hydrogens (primary N) is 1. The zero-order valence-electron chi connectivity index (χ0n) is 9.31. The number of hydrogen-bond donors (Lipinski definition) is 2. The molecule has 5 nitrogen and oxygen atoms in total. The van der Waals surface area contributed by atoms with Crippen LogP contribution in [-0.4, -0.2) is 28.8 Å². The Bertz CT molecular complexity index is 404. The third kappa shape index (κ3) is 4.89. The lowest BCUT2D eigenvalue weighted by molar-refractivity contribution is -0.136. The molecule has 8 heteroatoms. The number of nitrogens with zero attached hydrogens (tertiary/aromatic N) is 2. The minimum Gasteiger partial charge on any atom is -0.478 e. The van der Waals surface area contributed by atoms with Crippen molar-refractivity contribution in [2.45, 2.75) is 19.0 Å². The Morgan fingerprint density at radius 1 is 1.44 bits per heavy atom. The van der Waals surface area contributed by atoms with Crippen LogP contribution >= 0.6 is 0 Å². The van der Waals surface area contributed by atoms with Crippen LogP contribution in [0.4, 0.5) is 13.2 Å². The minimum atomic E-state index is -4.17. The van der Waals surface area contributed by atoms with Gasteiger partial charge in [0, 0.05) is 24.2 Å². The summed E-state index contributed by atoms with van der Waals surface area (Å²) in [5.41, 5.74) is 5.70. The average molecular weight is 263 g/mol. The van der Waals surface area contributed by atoms with Crippen LogP contribution in [0.25, 0.3) is 0 Å². The number of rotatable bonds is 5. The largest absolute Gasteiger partial charge is 0.478 e. The van der Waals surface area contributed by atoms with Crippen molar-refractivity contribution in [2.24, 2.45) is 10.9 Å². The summed E-state index contributed by atoms with van der Waals surface area (Å²) in [6.07, 6.45) is -3.90. The van der Waals surface area contributed by atoms with Gasteiger partial charge in [0.1, 0.15) is 0 Å². The smallest absolute Gasteiger partial charge is 0.389 e. The Morgan fingerprint density at radius 2 is 2.17 bits per heavy atom. The molecular formula is C10H12F3N3O2. The fraction of sp³-hybridized carbons (Fsp3) is 0.400. The van der Waals surface area contributed by atoms with Crippen LogP contribution in [-0.2, 0) is 0 Å². The maximum absolute atomic E-state index is 11.8. The number of halogens is 3. The Labute approximate surface area is 101 Å². The molecule has 0 radical (unpaired) electrons. The molecule has 0 bridgehead atoms. The number of ether oxygens (including phenoxy) is 1. The van der Waals surface area contributed by atoms with Gasteiger partial charge in [-0.3, -0.25) is 0 Å². The van der Waals surface area contributed by atoms with E-state index in [1.165, 1.54) is 18.3 Å². The van der Waals surface area contributed by atoms with Gasteiger partial charge in [-0.2, -0.15) is 13.2 Å². The third-order valence-electron chi connectivity index (χ3n) is 1.99. The molecule has 0 aromatic carbocycles. The second-order valence-corrected chi connectivity index (χ2v) is 3.44. The number of amidine groups is 1. The van der Waals surface area contributed by atoms with E-state index >= 15 is 0 Å². The third-order valence-corrected chi connectivity index (χ3v) is 1.99. The Morgan fingerprint density at radius 3 is 2.67 bits per heavy atom. The topological polar surface area (TPSA) is 80.7 Å². The van der Waals surface area contributed by atoms with Gasteiger partial charge in [-0.15, -0.1) is 0 Å². The molecule has 0 aliphatic heterocycles. The van der Waals surface area contributed by atoms with E-state index in [2.05, 4.69) is 10.1 Å². The SMILES string of the molecule is N/C(=N/O)c1ccc(OCCCC(F)(F)F)nc1. The number of hydrogen-bond acceptors (Lipinski definition) is 4. The van der Waals surface area contributed by atoms with Crippen LogP contribution in [0.2, 0.25) is 0 Å². The number of alkyl halides is 3. The van der Waals surface area contributed by atoms with Gasteiger partial charge in [-0.1, -0.05) is 5.16 Å². The first-order chi connectivity index (χ1) is 8.42. The predicted molar refractivity (Wildman–Crippen MR) is 57.5 cm³/mol. The molecule has 100 valence electrons. The van der Waals surface area contributed by atoms with Crippen molar-refractivity contribution in [1.82, 2.24) is 4.98 Å². The molecule has 0 fully saturated rings. The van der Waals surface area contributed by atoms with E-state index in [1.807, 2.05) is 0 Å². The molecule has 0 unspecified atom stereocenters. The molecule has 1 aromatic rings. The van der Waals surface area contributed by atoms with Gasteiger partial charge < -0.3 is 15.7 Å². The first-order valence-corrected chi connectivity index (χ1v) is 5.06. The first-order valence-electron chi connectivity index (χ1n) is 5.06. The lowest BCUT2D eigenvalue weighted by atomic mass is 10.3. The van der Waals surface area contributed by atoms with Crippen LogP contribution in [0.1, 0.15) is 18.4 Å². The summed E-state index contributed by atoms with van der Waals surface area (Å²) in [5.74, 6) is 0.0813. The summed E-state index contributed by atoms with van der Waals surface area (Å²) >= 11 is 0. The highest BCUT2D eigenvalue weighted by Crippen LogP contribution is 2.21. The molecule has 1 rings (SSSR count). The van der Waals surface area contributed by atoms with Crippen LogP contribution in [0, 0.1) is 0 Å². The van der Waals surface area contributed by atoms with E-state index in [1.54, 1.807) is 0 Å². The van der Waals surface area contributed by atoms with Crippen molar-refractivity contribution < 1.29 is 23.1 Å². The summed E-state index contributed by atoms with van der Waals surface area (Å²) < 4.78 is 40.5. The molecule has 1 aromatic heterocycles. The van der Waals surface area contributed by atoms with Gasteiger partial charge in [0.2, 0.25) is 5.88 Å². The predicted octanol–water partition coefficient (Wildman–Crippen LogP) is 1.90. The highest BCUT2D eigenvalue weighted by Gasteiger charge is 2.26. The monoisotopic (exact) mass is 263 g/mol. The van der Waals surface area contributed by atoms with E-state index in [9.17, 15) is 13.2 Å². The highest BCUT2D eigenvalue weighted by molar-refractivity contribution is 5.96. The molecule has 0 saturated heterocycles. The van der Waals surface area contributed by atoms with Crippen molar-refractivity contribution >= 4 is 5.84 Å². The van der Waals surface area contributed by atoms with E-state index < -0.39 is 12.6 Å². The van der Waals surface area contributed by atoms with Gasteiger partial charge in [0.25, 0.3) is 0 Å². The van der Waals surface area contributed by atoms with E-state index in [4.69, 9.17) is 15.7 Å². The Hall–Kier alpha value is -1.99. The summed E-state index contributed by atoms with van der Waals surface area (Å²) in [6.45, 7) is -0.0740. The lowest BCUT2D eigenvalue weighted by Gasteiger charge is -2.07.